The predicted octanol–water partition coefficient (Wildman–Crippen LogP) is 1.19. The number of rotatable bonds is 4. The normalized spacial score (nSPS) is 32.8. The van der Waals surface area contributed by atoms with E-state index >= 15 is 0 Å². The van der Waals surface area contributed by atoms with Gasteiger partial charge in [0.2, 0.25) is 0 Å². The van der Waals surface area contributed by atoms with Crippen LogP contribution in [0.25, 0.3) is 0 Å². The van der Waals surface area contributed by atoms with Crippen molar-refractivity contribution in [2.75, 3.05) is 44.3 Å². The lowest BCUT2D eigenvalue weighted by Crippen LogP contribution is -2.48. The molecule has 94 valence electrons. The van der Waals surface area contributed by atoms with E-state index in [1.54, 1.807) is 0 Å². The maximum atomic E-state index is 5.79. The molecular formula is C12H24N2OS. The number of likely N-dealkylation sites (N-methyl/N-ethyl adjacent to an activating group) is 1. The lowest BCUT2D eigenvalue weighted by atomic mass is 10.1. The summed E-state index contributed by atoms with van der Waals surface area (Å²) in [5.74, 6) is 2.63. The summed E-state index contributed by atoms with van der Waals surface area (Å²) in [5.41, 5.74) is 0. The van der Waals surface area contributed by atoms with Crippen LogP contribution in [0.1, 0.15) is 19.8 Å². The Morgan fingerprint density at radius 3 is 3.19 bits per heavy atom. The average Bonchev–Trinajstić information content (AvgIpc) is 2.38. The van der Waals surface area contributed by atoms with Gasteiger partial charge in [-0.25, -0.2) is 0 Å². The Kier molecular flexibility index (Phi) is 5.42. The van der Waals surface area contributed by atoms with Crippen molar-refractivity contribution < 1.29 is 4.74 Å². The third-order valence-corrected chi connectivity index (χ3v) is 4.68. The van der Waals surface area contributed by atoms with E-state index in [4.69, 9.17) is 4.74 Å². The number of ether oxygens (including phenoxy) is 1. The first kappa shape index (κ1) is 12.7. The van der Waals surface area contributed by atoms with E-state index in [0.29, 0.717) is 6.10 Å². The van der Waals surface area contributed by atoms with Crippen LogP contribution in [0.3, 0.4) is 0 Å². The number of hydrogen-bond donors (Lipinski definition) is 1. The number of nitrogens with zero attached hydrogens (tertiary/aromatic N) is 1. The molecule has 0 aliphatic carbocycles. The smallest absolute Gasteiger partial charge is 0.0826 e. The molecular weight excluding hydrogens is 220 g/mol. The Balaban J connectivity index is 1.64. The summed E-state index contributed by atoms with van der Waals surface area (Å²) in [6.07, 6.45) is 3.12. The van der Waals surface area contributed by atoms with Crippen molar-refractivity contribution in [3.63, 3.8) is 0 Å². The molecule has 0 bridgehead atoms. The van der Waals surface area contributed by atoms with Crippen LogP contribution in [0, 0.1) is 0 Å². The molecule has 4 heteroatoms. The first-order valence-electron chi connectivity index (χ1n) is 6.53. The highest BCUT2D eigenvalue weighted by Crippen LogP contribution is 2.17. The van der Waals surface area contributed by atoms with Crippen LogP contribution in [0.4, 0.5) is 0 Å². The highest BCUT2D eigenvalue weighted by Gasteiger charge is 2.21. The van der Waals surface area contributed by atoms with Gasteiger partial charge in [-0.05, 0) is 25.1 Å². The van der Waals surface area contributed by atoms with Gasteiger partial charge in [0.15, 0.2) is 0 Å². The first-order chi connectivity index (χ1) is 7.88. The number of thioether (sulfide) groups is 1. The molecule has 3 nitrogen and oxygen atoms in total. The van der Waals surface area contributed by atoms with Crippen molar-refractivity contribution in [2.45, 2.75) is 31.9 Å². The second-order valence-electron chi connectivity index (χ2n) is 4.71. The summed E-state index contributed by atoms with van der Waals surface area (Å²) in [4.78, 5) is 2.48. The molecule has 0 aromatic rings. The summed E-state index contributed by atoms with van der Waals surface area (Å²) in [7, 11) is 0. The average molecular weight is 244 g/mol. The predicted molar refractivity (Wildman–Crippen MR) is 70.2 cm³/mol. The van der Waals surface area contributed by atoms with Crippen LogP contribution < -0.4 is 5.32 Å². The molecule has 0 spiro atoms. The Bertz CT molecular complexity index is 197. The van der Waals surface area contributed by atoms with E-state index in [-0.39, 0.29) is 0 Å². The van der Waals surface area contributed by atoms with Crippen molar-refractivity contribution in [1.82, 2.24) is 10.2 Å². The van der Waals surface area contributed by atoms with E-state index in [2.05, 4.69) is 28.9 Å². The van der Waals surface area contributed by atoms with Crippen molar-refractivity contribution >= 4 is 11.8 Å². The van der Waals surface area contributed by atoms with Crippen LogP contribution in [-0.4, -0.2) is 61.3 Å². The Labute approximate surface area is 103 Å². The Hall–Kier alpha value is 0.230. The van der Waals surface area contributed by atoms with Crippen molar-refractivity contribution in [3.8, 4) is 0 Å². The van der Waals surface area contributed by atoms with Gasteiger partial charge in [-0.2, -0.15) is 11.8 Å². The fourth-order valence-electron chi connectivity index (χ4n) is 2.39. The first-order valence-corrected chi connectivity index (χ1v) is 7.69. The van der Waals surface area contributed by atoms with E-state index < -0.39 is 0 Å². The van der Waals surface area contributed by atoms with Crippen LogP contribution in [0.15, 0.2) is 0 Å². The quantitative estimate of drug-likeness (QED) is 0.803. The highest BCUT2D eigenvalue weighted by atomic mass is 32.2. The molecule has 2 aliphatic heterocycles. The third kappa shape index (κ3) is 3.91. The van der Waals surface area contributed by atoms with Gasteiger partial charge in [-0.3, -0.25) is 4.90 Å². The maximum Gasteiger partial charge on any atom is 0.0826 e. The van der Waals surface area contributed by atoms with Crippen LogP contribution in [0.2, 0.25) is 0 Å². The standard InChI is InChI=1S/C12H24N2OS/c1-2-14-5-6-15-12(9-14)8-13-11-4-3-7-16-10-11/h11-13H,2-10H2,1H3. The fourth-order valence-corrected chi connectivity index (χ4v) is 3.50. The van der Waals surface area contributed by atoms with Gasteiger partial charge in [0.1, 0.15) is 0 Å². The summed E-state index contributed by atoms with van der Waals surface area (Å²) in [6, 6.07) is 0.722. The van der Waals surface area contributed by atoms with Crippen molar-refractivity contribution in [3.05, 3.63) is 0 Å². The van der Waals surface area contributed by atoms with E-state index in [1.165, 1.54) is 24.3 Å². The van der Waals surface area contributed by atoms with Gasteiger partial charge >= 0.3 is 0 Å². The topological polar surface area (TPSA) is 24.5 Å². The number of nitrogens with one attached hydrogen (secondary N) is 1. The van der Waals surface area contributed by atoms with E-state index in [9.17, 15) is 0 Å². The van der Waals surface area contributed by atoms with Gasteiger partial charge in [-0.15, -0.1) is 0 Å². The zero-order chi connectivity index (χ0) is 11.2. The molecule has 0 aromatic carbocycles. The monoisotopic (exact) mass is 244 g/mol. The van der Waals surface area contributed by atoms with Crippen LogP contribution in [0.5, 0.6) is 0 Å². The zero-order valence-corrected chi connectivity index (χ0v) is 11.1. The minimum absolute atomic E-state index is 0.403. The fraction of sp³-hybridized carbons (Fsp3) is 1.00. The van der Waals surface area contributed by atoms with Gasteiger partial charge in [-0.1, -0.05) is 6.92 Å². The van der Waals surface area contributed by atoms with E-state index in [0.717, 1.165) is 38.8 Å². The summed E-state index contributed by atoms with van der Waals surface area (Å²) in [5, 5.41) is 3.66. The minimum Gasteiger partial charge on any atom is -0.374 e. The molecule has 2 aliphatic rings. The second-order valence-corrected chi connectivity index (χ2v) is 5.86. The molecule has 16 heavy (non-hydrogen) atoms. The van der Waals surface area contributed by atoms with Gasteiger partial charge < -0.3 is 10.1 Å². The summed E-state index contributed by atoms with van der Waals surface area (Å²) in [6.45, 7) is 7.52. The van der Waals surface area contributed by atoms with Crippen LogP contribution in [-0.2, 0) is 4.74 Å². The summed E-state index contributed by atoms with van der Waals surface area (Å²) >= 11 is 2.08. The molecule has 0 amide bonds. The molecule has 2 heterocycles. The SMILES string of the molecule is CCN1CCOC(CNC2CCCSC2)C1. The molecule has 2 fully saturated rings. The third-order valence-electron chi connectivity index (χ3n) is 3.46. The molecule has 2 atom stereocenters. The largest absolute Gasteiger partial charge is 0.374 e. The maximum absolute atomic E-state index is 5.79. The molecule has 2 unspecified atom stereocenters. The Morgan fingerprint density at radius 1 is 1.50 bits per heavy atom. The lowest BCUT2D eigenvalue weighted by molar-refractivity contribution is -0.0262. The molecule has 0 aromatic heterocycles. The van der Waals surface area contributed by atoms with Crippen LogP contribution >= 0.6 is 11.8 Å². The highest BCUT2D eigenvalue weighted by molar-refractivity contribution is 7.99. The van der Waals surface area contributed by atoms with Gasteiger partial charge in [0, 0.05) is 31.4 Å². The molecule has 2 saturated heterocycles. The zero-order valence-electron chi connectivity index (χ0n) is 10.3. The number of morpholine rings is 1. The second kappa shape index (κ2) is 6.84. The molecule has 0 radical (unpaired) electrons. The Morgan fingerprint density at radius 2 is 2.44 bits per heavy atom. The minimum atomic E-state index is 0.403. The number of hydrogen-bond acceptors (Lipinski definition) is 4. The lowest BCUT2D eigenvalue weighted by Gasteiger charge is -2.33. The van der Waals surface area contributed by atoms with E-state index in [1.807, 2.05) is 0 Å². The molecule has 2 rings (SSSR count). The van der Waals surface area contributed by atoms with Crippen molar-refractivity contribution in [2.24, 2.45) is 0 Å². The van der Waals surface area contributed by atoms with Crippen molar-refractivity contribution in [1.29, 1.82) is 0 Å². The molecule has 0 saturated carbocycles. The van der Waals surface area contributed by atoms with Gasteiger partial charge in [0.05, 0.1) is 12.7 Å². The van der Waals surface area contributed by atoms with Gasteiger partial charge in [0.25, 0.3) is 0 Å². The summed E-state index contributed by atoms with van der Waals surface area (Å²) < 4.78 is 5.79. The molecule has 1 N–H and O–H groups in total.